The third kappa shape index (κ3) is 6.74. The molecule has 4 aromatic rings. The van der Waals surface area contributed by atoms with Gasteiger partial charge < -0.3 is 14.8 Å². The molecule has 8 nitrogen and oxygen atoms in total. The second-order valence-corrected chi connectivity index (χ2v) is 10.8. The Hall–Kier alpha value is -3.09. The molecule has 0 saturated heterocycles. The molecule has 4 rings (SSSR count). The van der Waals surface area contributed by atoms with Crippen molar-refractivity contribution in [2.24, 2.45) is 5.10 Å². The maximum atomic E-state index is 13.3. The largest absolute Gasteiger partial charge is 0.493 e. The van der Waals surface area contributed by atoms with Gasteiger partial charge in [-0.2, -0.15) is 9.78 Å². The second kappa shape index (κ2) is 12.8. The predicted octanol–water partition coefficient (Wildman–Crippen LogP) is 6.68. The average molecular weight is 725 g/mol. The fraction of sp³-hybridized carbons (Fsp3) is 0.185. The number of hydrogen-bond donors (Lipinski definition) is 1. The summed E-state index contributed by atoms with van der Waals surface area (Å²) >= 11 is 10.4. The van der Waals surface area contributed by atoms with Crippen molar-refractivity contribution in [2.45, 2.75) is 19.8 Å². The van der Waals surface area contributed by atoms with Crippen LogP contribution < -0.4 is 20.3 Å². The number of anilines is 1. The van der Waals surface area contributed by atoms with Gasteiger partial charge in [0.2, 0.25) is 0 Å². The smallest absolute Gasteiger partial charge is 0.282 e. The number of methoxy groups -OCH3 is 1. The number of nitrogens with zero attached hydrogens (tertiary/aromatic N) is 3. The summed E-state index contributed by atoms with van der Waals surface area (Å²) in [6.07, 6.45) is 2.88. The van der Waals surface area contributed by atoms with Gasteiger partial charge in [-0.3, -0.25) is 9.59 Å². The Morgan fingerprint density at radius 1 is 1.13 bits per heavy atom. The molecule has 0 aliphatic heterocycles. The molecule has 0 aliphatic carbocycles. The summed E-state index contributed by atoms with van der Waals surface area (Å²) in [5, 5.41) is 7.56. The van der Waals surface area contributed by atoms with Crippen LogP contribution in [-0.4, -0.2) is 35.5 Å². The molecule has 1 aromatic heterocycles. The topological polar surface area (TPSA) is 94.8 Å². The van der Waals surface area contributed by atoms with Crippen LogP contribution >= 0.6 is 47.8 Å². The maximum absolute atomic E-state index is 13.3. The van der Waals surface area contributed by atoms with E-state index in [1.807, 2.05) is 13.0 Å². The van der Waals surface area contributed by atoms with Gasteiger partial charge in [0, 0.05) is 26.6 Å². The molecule has 0 aliphatic rings. The van der Waals surface area contributed by atoms with Crippen LogP contribution in [0, 0.1) is 5.82 Å². The fourth-order valence-corrected chi connectivity index (χ4v) is 4.97. The molecule has 0 unspecified atom stereocenters. The zero-order chi connectivity index (χ0) is 28.1. The van der Waals surface area contributed by atoms with Crippen LogP contribution in [0.4, 0.5) is 10.1 Å². The van der Waals surface area contributed by atoms with Crippen molar-refractivity contribution in [1.82, 2.24) is 9.66 Å². The first-order valence-corrected chi connectivity index (χ1v) is 14.1. The first-order chi connectivity index (χ1) is 18.7. The predicted molar refractivity (Wildman–Crippen MR) is 160 cm³/mol. The highest BCUT2D eigenvalue weighted by atomic mass is 79.9. The Morgan fingerprint density at radius 3 is 2.56 bits per heavy atom. The van der Waals surface area contributed by atoms with E-state index >= 15 is 0 Å². The number of amides is 1. The first kappa shape index (κ1) is 28.9. The van der Waals surface area contributed by atoms with E-state index in [1.54, 1.807) is 18.2 Å². The molecule has 0 atom stereocenters. The molecule has 1 heterocycles. The number of aryl methyl sites for hydroxylation is 1. The number of halogens is 4. The monoisotopic (exact) mass is 722 g/mol. The lowest BCUT2D eigenvalue weighted by Gasteiger charge is -2.15. The summed E-state index contributed by atoms with van der Waals surface area (Å²) in [6.45, 7) is 1.68. The number of ether oxygens (including phenoxy) is 2. The summed E-state index contributed by atoms with van der Waals surface area (Å²) in [6, 6.07) is 12.4. The van der Waals surface area contributed by atoms with Crippen molar-refractivity contribution in [1.29, 1.82) is 0 Å². The molecule has 0 radical (unpaired) electrons. The van der Waals surface area contributed by atoms with E-state index < -0.39 is 11.7 Å². The molecular weight excluding hydrogens is 703 g/mol. The second-order valence-electron chi connectivity index (χ2n) is 8.27. The third-order valence-corrected chi connectivity index (χ3v) is 8.15. The highest BCUT2D eigenvalue weighted by Crippen LogP contribution is 2.42. The quantitative estimate of drug-likeness (QED) is 0.195. The molecule has 12 heteroatoms. The molecule has 1 amide bonds. The Bertz CT molecular complexity index is 1620. The first-order valence-electron chi connectivity index (χ1n) is 11.7. The van der Waals surface area contributed by atoms with Gasteiger partial charge in [0.25, 0.3) is 11.5 Å². The van der Waals surface area contributed by atoms with Crippen molar-refractivity contribution in [3.8, 4) is 11.5 Å². The maximum Gasteiger partial charge on any atom is 0.282 e. The average Bonchev–Trinajstić information content (AvgIpc) is 2.92. The Kier molecular flexibility index (Phi) is 9.52. The molecular formula is C27H22Br3FN4O4. The highest BCUT2D eigenvalue weighted by molar-refractivity contribution is 9.13. The van der Waals surface area contributed by atoms with Crippen LogP contribution in [0.3, 0.4) is 0 Å². The molecule has 202 valence electrons. The molecule has 3 aromatic carbocycles. The summed E-state index contributed by atoms with van der Waals surface area (Å²) in [7, 11) is 1.47. The molecule has 0 saturated carbocycles. The van der Waals surface area contributed by atoms with Crippen LogP contribution in [0.2, 0.25) is 0 Å². The molecule has 39 heavy (non-hydrogen) atoms. The Labute approximate surface area is 248 Å². The van der Waals surface area contributed by atoms with Crippen molar-refractivity contribution in [2.75, 3.05) is 19.0 Å². The third-order valence-electron chi connectivity index (χ3n) is 5.51. The van der Waals surface area contributed by atoms with Gasteiger partial charge >= 0.3 is 0 Å². The van der Waals surface area contributed by atoms with E-state index in [-0.39, 0.29) is 17.9 Å². The molecule has 0 bridgehead atoms. The van der Waals surface area contributed by atoms with Crippen molar-refractivity contribution < 1.29 is 18.7 Å². The molecule has 0 fully saturated rings. The van der Waals surface area contributed by atoms with Crippen molar-refractivity contribution in [3.63, 3.8) is 0 Å². The number of rotatable bonds is 9. The van der Waals surface area contributed by atoms with Gasteiger partial charge in [0.15, 0.2) is 18.1 Å². The van der Waals surface area contributed by atoms with E-state index in [9.17, 15) is 14.0 Å². The number of aromatic nitrogens is 2. The lowest BCUT2D eigenvalue weighted by molar-refractivity contribution is -0.118. The zero-order valence-electron chi connectivity index (χ0n) is 20.8. The Morgan fingerprint density at radius 2 is 1.87 bits per heavy atom. The van der Waals surface area contributed by atoms with Crippen molar-refractivity contribution >= 4 is 76.5 Å². The highest BCUT2D eigenvalue weighted by Gasteiger charge is 2.18. The van der Waals surface area contributed by atoms with Gasteiger partial charge in [-0.15, -0.1) is 0 Å². The number of carbonyl (C=O) groups excluding carboxylic acids is 1. The number of carbonyl (C=O) groups is 1. The number of benzene rings is 3. The minimum atomic E-state index is -0.435. The van der Waals surface area contributed by atoms with Crippen LogP contribution in [0.15, 0.2) is 71.8 Å². The number of hydrogen-bond acceptors (Lipinski definition) is 6. The van der Waals surface area contributed by atoms with Crippen LogP contribution in [0.5, 0.6) is 11.5 Å². The molecule has 0 spiro atoms. The van der Waals surface area contributed by atoms with E-state index in [2.05, 4.69) is 63.2 Å². The van der Waals surface area contributed by atoms with Gasteiger partial charge in [-0.1, -0.05) is 22.9 Å². The summed E-state index contributed by atoms with van der Waals surface area (Å²) in [4.78, 5) is 30.3. The van der Waals surface area contributed by atoms with E-state index in [1.165, 1.54) is 42.3 Å². The standard InChI is InChI=1S/C27H22Br3FN4O4/c1-3-4-22-34-20-10-5-16(28)12-19(20)27(37)35(22)32-13-15-11-21(38-2)26(25(30)24(15)29)39-14-23(36)33-18-8-6-17(31)7-9-18/h5-13H,3-4,14H2,1-2H3,(H,33,36). The van der Waals surface area contributed by atoms with Crippen LogP contribution in [0.25, 0.3) is 10.9 Å². The van der Waals surface area contributed by atoms with Gasteiger partial charge in [0.1, 0.15) is 11.6 Å². The zero-order valence-corrected chi connectivity index (χ0v) is 25.6. The van der Waals surface area contributed by atoms with Gasteiger partial charge in [-0.05, 0) is 86.8 Å². The minimum Gasteiger partial charge on any atom is -0.493 e. The molecule has 1 N–H and O–H groups in total. The number of fused-ring (bicyclic) bond motifs is 1. The SMILES string of the molecule is CCCc1nc2ccc(Br)cc2c(=O)n1N=Cc1cc(OC)c(OCC(=O)Nc2ccc(F)cc2)c(Br)c1Br. The van der Waals surface area contributed by atoms with E-state index in [0.717, 1.165) is 10.9 Å². The number of nitrogens with one attached hydrogen (secondary N) is 1. The lowest BCUT2D eigenvalue weighted by Crippen LogP contribution is -2.22. The summed E-state index contributed by atoms with van der Waals surface area (Å²) in [5.41, 5.74) is 1.35. The Balaban J connectivity index is 1.62. The summed E-state index contributed by atoms with van der Waals surface area (Å²) < 4.78 is 27.5. The van der Waals surface area contributed by atoms with Crippen LogP contribution in [-0.2, 0) is 11.2 Å². The van der Waals surface area contributed by atoms with E-state index in [0.29, 0.717) is 49.1 Å². The fourth-order valence-electron chi connectivity index (χ4n) is 3.67. The van der Waals surface area contributed by atoms with Gasteiger partial charge in [-0.25, -0.2) is 9.37 Å². The van der Waals surface area contributed by atoms with Crippen LogP contribution in [0.1, 0.15) is 24.7 Å². The summed E-state index contributed by atoms with van der Waals surface area (Å²) in [5.74, 6) is 0.334. The van der Waals surface area contributed by atoms with Gasteiger partial charge in [0.05, 0.1) is 28.7 Å². The minimum absolute atomic E-state index is 0.282. The lowest BCUT2D eigenvalue weighted by atomic mass is 10.2. The normalized spacial score (nSPS) is 11.2. The van der Waals surface area contributed by atoms with E-state index in [4.69, 9.17) is 9.47 Å². The van der Waals surface area contributed by atoms with Crippen molar-refractivity contribution in [3.05, 3.63) is 89.5 Å².